The van der Waals surface area contributed by atoms with E-state index in [1.807, 2.05) is 30.3 Å². The summed E-state index contributed by atoms with van der Waals surface area (Å²) < 4.78 is 21.2. The van der Waals surface area contributed by atoms with Crippen LogP contribution in [0.5, 0.6) is 17.2 Å². The number of benzene rings is 3. The third-order valence-electron chi connectivity index (χ3n) is 7.35. The summed E-state index contributed by atoms with van der Waals surface area (Å²) in [7, 11) is 0. The number of aromatic hydroxyl groups is 2. The number of hydrogen-bond acceptors (Lipinski definition) is 4. The van der Waals surface area contributed by atoms with Gasteiger partial charge in [-0.25, -0.2) is 0 Å². The zero-order valence-electron chi connectivity index (χ0n) is 20.8. The summed E-state index contributed by atoms with van der Waals surface area (Å²) in [6, 6.07) is 21.1. The molecule has 2 N–H and O–H groups in total. The maximum absolute atomic E-state index is 12.9. The van der Waals surface area contributed by atoms with Gasteiger partial charge in [0, 0.05) is 36.0 Å². The molecule has 1 aliphatic heterocycles. The molecule has 0 amide bonds. The molecular weight excluding hydrogens is 455 g/mol. The van der Waals surface area contributed by atoms with Crippen LogP contribution in [-0.4, -0.2) is 52.1 Å². The average Bonchev–Trinajstić information content (AvgIpc) is 3.47. The summed E-state index contributed by atoms with van der Waals surface area (Å²) in [4.78, 5) is 2.31. The van der Waals surface area contributed by atoms with Gasteiger partial charge in [-0.1, -0.05) is 12.1 Å². The summed E-state index contributed by atoms with van der Waals surface area (Å²) >= 11 is 0. The second kappa shape index (κ2) is 10.2. The molecule has 5 rings (SSSR count). The van der Waals surface area contributed by atoms with E-state index >= 15 is 0 Å². The van der Waals surface area contributed by atoms with Crippen LogP contribution in [0.1, 0.15) is 24.5 Å². The zero-order chi connectivity index (χ0) is 25.2. The predicted molar refractivity (Wildman–Crippen MR) is 142 cm³/mol. The van der Waals surface area contributed by atoms with Gasteiger partial charge in [-0.05, 0) is 98.1 Å². The number of fused-ring (bicyclic) bond motifs is 1. The van der Waals surface area contributed by atoms with E-state index in [4.69, 9.17) is 4.74 Å². The maximum atomic E-state index is 12.9. The fourth-order valence-electron chi connectivity index (χ4n) is 5.25. The van der Waals surface area contributed by atoms with Crippen LogP contribution in [-0.2, 0) is 6.54 Å². The number of hydrogen-bond donors (Lipinski definition) is 2. The standard InChI is InChI=1S/C30H33FN2O3/c1-20(32-14-13-23(16-31)17-32)19-36-27-10-3-22(4-11-27)18-33-29-12-9-26(35)15-28(29)21(2)30(33)24-5-7-25(34)8-6-24/h3-12,15,20,23,34-35H,13-14,16-19H2,1-2H3. The molecule has 2 unspecified atom stereocenters. The van der Waals surface area contributed by atoms with Crippen LogP contribution in [0.3, 0.4) is 0 Å². The van der Waals surface area contributed by atoms with Crippen molar-refractivity contribution in [2.24, 2.45) is 5.92 Å². The normalized spacial score (nSPS) is 17.0. The highest BCUT2D eigenvalue weighted by Gasteiger charge is 2.26. The summed E-state index contributed by atoms with van der Waals surface area (Å²) in [6.07, 6.45) is 0.925. The highest BCUT2D eigenvalue weighted by Crippen LogP contribution is 2.36. The van der Waals surface area contributed by atoms with Gasteiger partial charge in [0.25, 0.3) is 0 Å². The Balaban J connectivity index is 1.35. The van der Waals surface area contributed by atoms with Crippen molar-refractivity contribution >= 4 is 10.9 Å². The molecule has 1 fully saturated rings. The van der Waals surface area contributed by atoms with Crippen LogP contribution in [0.4, 0.5) is 4.39 Å². The van der Waals surface area contributed by atoms with Gasteiger partial charge in [0.05, 0.1) is 12.4 Å². The Labute approximate surface area is 211 Å². The zero-order valence-corrected chi connectivity index (χ0v) is 20.8. The minimum absolute atomic E-state index is 0.163. The van der Waals surface area contributed by atoms with Crippen molar-refractivity contribution in [3.63, 3.8) is 0 Å². The number of phenolic OH excluding ortho intramolecular Hbond substituents is 2. The molecular formula is C30H33FN2O3. The third-order valence-corrected chi connectivity index (χ3v) is 7.35. The summed E-state index contributed by atoms with van der Waals surface area (Å²) in [6.45, 7) is 6.94. The third kappa shape index (κ3) is 4.91. The average molecular weight is 489 g/mol. The lowest BCUT2D eigenvalue weighted by Gasteiger charge is -2.24. The second-order valence-electron chi connectivity index (χ2n) is 9.92. The second-order valence-corrected chi connectivity index (χ2v) is 9.92. The lowest BCUT2D eigenvalue weighted by Crippen LogP contribution is -2.35. The number of aromatic nitrogens is 1. The van der Waals surface area contributed by atoms with Crippen molar-refractivity contribution in [3.05, 3.63) is 77.9 Å². The molecule has 0 spiro atoms. The van der Waals surface area contributed by atoms with Gasteiger partial charge in [0.15, 0.2) is 0 Å². The van der Waals surface area contributed by atoms with Gasteiger partial charge in [-0.15, -0.1) is 0 Å². The van der Waals surface area contributed by atoms with Crippen molar-refractivity contribution in [1.82, 2.24) is 9.47 Å². The quantitative estimate of drug-likeness (QED) is 0.313. The molecule has 2 heterocycles. The first-order valence-electron chi connectivity index (χ1n) is 12.6. The molecule has 188 valence electrons. The first-order valence-corrected chi connectivity index (χ1v) is 12.6. The number of phenols is 2. The lowest BCUT2D eigenvalue weighted by atomic mass is 10.1. The van der Waals surface area contributed by atoms with E-state index in [1.165, 1.54) is 0 Å². The van der Waals surface area contributed by atoms with E-state index in [1.54, 1.807) is 24.3 Å². The number of aryl methyl sites for hydroxylation is 1. The van der Waals surface area contributed by atoms with Gasteiger partial charge in [0.2, 0.25) is 0 Å². The Morgan fingerprint density at radius 3 is 2.42 bits per heavy atom. The Bertz CT molecular complexity index is 1330. The molecule has 0 saturated carbocycles. The number of ether oxygens (including phenoxy) is 1. The monoisotopic (exact) mass is 488 g/mol. The van der Waals surface area contributed by atoms with Crippen LogP contribution in [0, 0.1) is 12.8 Å². The number of rotatable bonds is 8. The van der Waals surface area contributed by atoms with Crippen molar-refractivity contribution in [2.45, 2.75) is 32.9 Å². The van der Waals surface area contributed by atoms with Crippen molar-refractivity contribution in [1.29, 1.82) is 0 Å². The number of alkyl halides is 1. The van der Waals surface area contributed by atoms with Crippen LogP contribution in [0.15, 0.2) is 66.7 Å². The molecule has 2 atom stereocenters. The van der Waals surface area contributed by atoms with Gasteiger partial charge in [0.1, 0.15) is 23.9 Å². The molecule has 1 aromatic heterocycles. The fraction of sp³-hybridized carbons (Fsp3) is 0.333. The molecule has 1 aliphatic rings. The lowest BCUT2D eigenvalue weighted by molar-refractivity contribution is 0.165. The summed E-state index contributed by atoms with van der Waals surface area (Å²) in [5, 5.41) is 20.9. The smallest absolute Gasteiger partial charge is 0.119 e. The van der Waals surface area contributed by atoms with Crippen LogP contribution < -0.4 is 4.74 Å². The molecule has 1 saturated heterocycles. The molecule has 3 aromatic carbocycles. The maximum Gasteiger partial charge on any atom is 0.119 e. The van der Waals surface area contributed by atoms with Crippen LogP contribution >= 0.6 is 0 Å². The Hall–Kier alpha value is -3.51. The Morgan fingerprint density at radius 2 is 1.72 bits per heavy atom. The minimum Gasteiger partial charge on any atom is -0.508 e. The molecule has 4 aromatic rings. The molecule has 6 heteroatoms. The van der Waals surface area contributed by atoms with Crippen molar-refractivity contribution in [3.8, 4) is 28.5 Å². The van der Waals surface area contributed by atoms with Gasteiger partial charge >= 0.3 is 0 Å². The van der Waals surface area contributed by atoms with Crippen LogP contribution in [0.25, 0.3) is 22.2 Å². The summed E-state index contributed by atoms with van der Waals surface area (Å²) in [5.41, 5.74) is 5.32. The molecule has 0 bridgehead atoms. The van der Waals surface area contributed by atoms with E-state index in [9.17, 15) is 14.6 Å². The number of likely N-dealkylation sites (tertiary alicyclic amines) is 1. The first kappa shape index (κ1) is 24.2. The Kier molecular flexibility index (Phi) is 6.88. The minimum atomic E-state index is -0.239. The molecule has 36 heavy (non-hydrogen) atoms. The van der Waals surface area contributed by atoms with Crippen molar-refractivity contribution < 1.29 is 19.3 Å². The molecule has 0 aliphatic carbocycles. The van der Waals surface area contributed by atoms with Crippen molar-refractivity contribution in [2.75, 3.05) is 26.4 Å². The topological polar surface area (TPSA) is 57.9 Å². The molecule has 5 nitrogen and oxygen atoms in total. The highest BCUT2D eigenvalue weighted by molar-refractivity contribution is 5.92. The number of nitrogens with zero attached hydrogens (tertiary/aromatic N) is 2. The van der Waals surface area contributed by atoms with E-state index in [0.29, 0.717) is 13.2 Å². The largest absolute Gasteiger partial charge is 0.508 e. The van der Waals surface area contributed by atoms with E-state index in [0.717, 1.165) is 58.5 Å². The van der Waals surface area contributed by atoms with Gasteiger partial charge in [-0.2, -0.15) is 0 Å². The van der Waals surface area contributed by atoms with E-state index in [-0.39, 0.29) is 30.1 Å². The van der Waals surface area contributed by atoms with Gasteiger partial charge < -0.3 is 19.5 Å². The van der Waals surface area contributed by atoms with E-state index < -0.39 is 0 Å². The fourth-order valence-corrected chi connectivity index (χ4v) is 5.25. The molecule has 0 radical (unpaired) electrons. The summed E-state index contributed by atoms with van der Waals surface area (Å²) in [5.74, 6) is 1.46. The number of halogens is 1. The predicted octanol–water partition coefficient (Wildman–Crippen LogP) is 6.13. The first-order chi connectivity index (χ1) is 17.4. The van der Waals surface area contributed by atoms with E-state index in [2.05, 4.69) is 35.4 Å². The Morgan fingerprint density at radius 1 is 1.00 bits per heavy atom. The highest BCUT2D eigenvalue weighted by atomic mass is 19.1. The van der Waals surface area contributed by atoms with Gasteiger partial charge in [-0.3, -0.25) is 9.29 Å². The SMILES string of the molecule is Cc1c(-c2ccc(O)cc2)n(Cc2ccc(OCC(C)N3CCC(CF)C3)cc2)c2ccc(O)cc12. The van der Waals surface area contributed by atoms with Crippen LogP contribution in [0.2, 0.25) is 0 Å².